The Labute approximate surface area is 80.1 Å². The van der Waals surface area contributed by atoms with E-state index in [9.17, 15) is 9.59 Å². The van der Waals surface area contributed by atoms with Crippen LogP contribution >= 0.6 is 0 Å². The van der Waals surface area contributed by atoms with Crippen LogP contribution in [-0.4, -0.2) is 33.8 Å². The summed E-state index contributed by atoms with van der Waals surface area (Å²) < 4.78 is 2.63. The zero-order valence-electron chi connectivity index (χ0n) is 7.91. The van der Waals surface area contributed by atoms with Gasteiger partial charge in [0.2, 0.25) is 12.9 Å². The summed E-state index contributed by atoms with van der Waals surface area (Å²) in [5.41, 5.74) is 0. The highest BCUT2D eigenvalue weighted by Crippen LogP contribution is 1.84. The van der Waals surface area contributed by atoms with Crippen LogP contribution in [0.5, 0.6) is 0 Å². The average molecular weight is 199 g/mol. The van der Waals surface area contributed by atoms with Gasteiger partial charge >= 0.3 is 5.97 Å². The van der Waals surface area contributed by atoms with E-state index in [1.807, 2.05) is 0 Å². The van der Waals surface area contributed by atoms with Crippen LogP contribution in [0.15, 0.2) is 12.7 Å². The van der Waals surface area contributed by atoms with Crippen molar-refractivity contribution in [1.29, 1.82) is 0 Å². The van der Waals surface area contributed by atoms with Gasteiger partial charge in [0.25, 0.3) is 12.2 Å². The van der Waals surface area contributed by atoms with Crippen molar-refractivity contribution >= 4 is 11.9 Å². The standard InChI is InChI=1S/C7H10N4O3/c1-6(12)9(2)11-4-8-10(5-11)3-7(13)14/h4-5H,3H2,1-2H3/p+1. The second kappa shape index (κ2) is 3.86. The second-order valence-corrected chi connectivity index (χ2v) is 2.76. The van der Waals surface area contributed by atoms with Crippen molar-refractivity contribution < 1.29 is 19.4 Å². The highest BCUT2D eigenvalue weighted by atomic mass is 16.4. The Bertz CT molecular complexity index is 360. The second-order valence-electron chi connectivity index (χ2n) is 2.76. The number of nitrogens with zero attached hydrogens (tertiary/aromatic N) is 4. The summed E-state index contributed by atoms with van der Waals surface area (Å²) in [5.74, 6) is -1.14. The molecule has 0 aliphatic rings. The van der Waals surface area contributed by atoms with Crippen LogP contribution in [0.2, 0.25) is 0 Å². The summed E-state index contributed by atoms with van der Waals surface area (Å²) in [6, 6.07) is 0. The number of carboxylic acids is 1. The predicted molar refractivity (Wildman–Crippen MR) is 44.9 cm³/mol. The lowest BCUT2D eigenvalue weighted by Crippen LogP contribution is -2.41. The van der Waals surface area contributed by atoms with E-state index in [0.29, 0.717) is 0 Å². The van der Waals surface area contributed by atoms with Crippen LogP contribution in [0.1, 0.15) is 6.92 Å². The van der Waals surface area contributed by atoms with Crippen LogP contribution in [-0.2, 0) is 16.1 Å². The molecule has 0 saturated carbocycles. The molecule has 1 aromatic rings. The summed E-state index contributed by atoms with van der Waals surface area (Å²) in [4.78, 5) is 21.3. The molecular weight excluding hydrogens is 188 g/mol. The third-order valence-electron chi connectivity index (χ3n) is 1.67. The van der Waals surface area contributed by atoms with E-state index in [-0.39, 0.29) is 12.5 Å². The molecule has 0 atom stereocenters. The van der Waals surface area contributed by atoms with Crippen LogP contribution in [0.3, 0.4) is 0 Å². The molecule has 76 valence electrons. The summed E-state index contributed by atoms with van der Waals surface area (Å²) in [7, 11) is 1.56. The zero-order valence-corrected chi connectivity index (χ0v) is 7.91. The molecule has 14 heavy (non-hydrogen) atoms. The van der Waals surface area contributed by atoms with Crippen LogP contribution in [0, 0.1) is 0 Å². The quantitative estimate of drug-likeness (QED) is 0.593. The van der Waals surface area contributed by atoms with Crippen molar-refractivity contribution in [3.8, 4) is 0 Å². The maximum absolute atomic E-state index is 10.9. The Morgan fingerprint density at radius 1 is 1.64 bits per heavy atom. The Hall–Kier alpha value is -1.92. The van der Waals surface area contributed by atoms with E-state index in [1.54, 1.807) is 7.05 Å². The summed E-state index contributed by atoms with van der Waals surface area (Å²) >= 11 is 0. The topological polar surface area (TPSA) is 79.3 Å². The van der Waals surface area contributed by atoms with Crippen LogP contribution in [0.4, 0.5) is 0 Å². The van der Waals surface area contributed by atoms with Gasteiger partial charge in [-0.1, -0.05) is 0 Å². The first-order valence-corrected chi connectivity index (χ1v) is 3.91. The van der Waals surface area contributed by atoms with Crippen molar-refractivity contribution in [2.24, 2.45) is 0 Å². The van der Waals surface area contributed by atoms with E-state index in [1.165, 1.54) is 33.9 Å². The van der Waals surface area contributed by atoms with Crippen molar-refractivity contribution in [2.45, 2.75) is 13.5 Å². The molecule has 0 fully saturated rings. The molecule has 7 nitrogen and oxygen atoms in total. The minimum absolute atomic E-state index is 0.162. The highest BCUT2D eigenvalue weighted by molar-refractivity contribution is 5.82. The molecule has 1 rings (SSSR count). The van der Waals surface area contributed by atoms with E-state index in [4.69, 9.17) is 5.11 Å². The van der Waals surface area contributed by atoms with Gasteiger partial charge in [0, 0.05) is 6.92 Å². The van der Waals surface area contributed by atoms with Crippen LogP contribution < -0.4 is 9.69 Å². The number of hydrogen-bond donors (Lipinski definition) is 1. The van der Waals surface area contributed by atoms with Gasteiger partial charge in [-0.15, -0.1) is 9.36 Å². The molecule has 1 amide bonds. The highest BCUT2D eigenvalue weighted by Gasteiger charge is 2.14. The number of rotatable bonds is 3. The first-order valence-electron chi connectivity index (χ1n) is 3.91. The predicted octanol–water partition coefficient (Wildman–Crippen LogP) is -1.63. The van der Waals surface area contributed by atoms with E-state index in [0.717, 1.165) is 0 Å². The van der Waals surface area contributed by atoms with Crippen molar-refractivity contribution in [3.05, 3.63) is 12.7 Å². The first-order chi connectivity index (χ1) is 6.50. The normalized spacial score (nSPS) is 9.86. The van der Waals surface area contributed by atoms with Gasteiger partial charge in [-0.2, -0.15) is 5.01 Å². The molecule has 0 aliphatic heterocycles. The van der Waals surface area contributed by atoms with Gasteiger partial charge in [0.05, 0.1) is 7.05 Å². The Morgan fingerprint density at radius 3 is 2.79 bits per heavy atom. The largest absolute Gasteiger partial charge is 0.478 e. The molecule has 0 saturated heterocycles. The first kappa shape index (κ1) is 10.2. The Kier molecular flexibility index (Phi) is 2.80. The SMILES string of the molecule is CC(=O)N(C)n1cn[n+](CC(=O)O)c1. The van der Waals surface area contributed by atoms with Crippen molar-refractivity contribution in [3.63, 3.8) is 0 Å². The molecular formula is C7H11N4O3+. The van der Waals surface area contributed by atoms with E-state index in [2.05, 4.69) is 5.10 Å². The summed E-state index contributed by atoms with van der Waals surface area (Å²) in [5, 5.41) is 13.5. The number of amides is 1. The van der Waals surface area contributed by atoms with E-state index >= 15 is 0 Å². The third-order valence-corrected chi connectivity index (χ3v) is 1.67. The molecule has 1 heterocycles. The smallest absolute Gasteiger partial charge is 0.348 e. The fourth-order valence-corrected chi connectivity index (χ4v) is 0.853. The van der Waals surface area contributed by atoms with Gasteiger partial charge in [-0.3, -0.25) is 4.79 Å². The number of carbonyl (C=O) groups is 2. The zero-order chi connectivity index (χ0) is 10.7. The number of hydrogen-bond acceptors (Lipinski definition) is 3. The molecule has 7 heteroatoms. The maximum atomic E-state index is 10.9. The average Bonchev–Trinajstić information content (AvgIpc) is 2.50. The van der Waals surface area contributed by atoms with Gasteiger partial charge in [-0.05, 0) is 5.10 Å². The van der Waals surface area contributed by atoms with Gasteiger partial charge in [0.15, 0.2) is 0 Å². The van der Waals surface area contributed by atoms with Gasteiger partial charge < -0.3 is 5.11 Å². The molecule has 1 N–H and O–H groups in total. The molecule has 0 spiro atoms. The number of aliphatic carboxylic acids is 1. The summed E-state index contributed by atoms with van der Waals surface area (Å²) in [6.07, 6.45) is 2.79. The fraction of sp³-hybridized carbons (Fsp3) is 0.429. The fourth-order valence-electron chi connectivity index (χ4n) is 0.853. The lowest BCUT2D eigenvalue weighted by Gasteiger charge is -2.06. The Balaban J connectivity index is 2.77. The maximum Gasteiger partial charge on any atom is 0.348 e. The summed E-state index contributed by atoms with van der Waals surface area (Å²) in [6.45, 7) is 1.18. The van der Waals surface area contributed by atoms with Gasteiger partial charge in [0.1, 0.15) is 0 Å². The van der Waals surface area contributed by atoms with Crippen molar-refractivity contribution in [1.82, 2.24) is 9.77 Å². The van der Waals surface area contributed by atoms with Crippen molar-refractivity contribution in [2.75, 3.05) is 12.1 Å². The molecule has 1 aromatic heterocycles. The minimum atomic E-state index is -0.981. The molecule has 0 unspecified atom stereocenters. The number of carboxylic acid groups (broad SMARTS) is 1. The third kappa shape index (κ3) is 2.28. The lowest BCUT2D eigenvalue weighted by molar-refractivity contribution is -0.741. The number of carbonyl (C=O) groups excluding carboxylic acids is 1. The monoisotopic (exact) mass is 199 g/mol. The van der Waals surface area contributed by atoms with Gasteiger partial charge in [-0.25, -0.2) is 4.79 Å². The Morgan fingerprint density at radius 2 is 2.29 bits per heavy atom. The lowest BCUT2D eigenvalue weighted by atomic mass is 10.7. The van der Waals surface area contributed by atoms with Crippen LogP contribution in [0.25, 0.3) is 0 Å². The number of aromatic nitrogens is 3. The molecule has 0 aliphatic carbocycles. The minimum Gasteiger partial charge on any atom is -0.478 e. The molecule has 0 radical (unpaired) electrons. The molecule has 0 aromatic carbocycles. The van der Waals surface area contributed by atoms with E-state index < -0.39 is 5.97 Å². The molecule has 0 bridgehead atoms.